The highest BCUT2D eigenvalue weighted by Crippen LogP contribution is 2.31. The Kier molecular flexibility index (Phi) is 4.84. The van der Waals surface area contributed by atoms with Crippen LogP contribution < -0.4 is 0 Å². The van der Waals surface area contributed by atoms with Crippen molar-refractivity contribution in [1.29, 1.82) is 0 Å². The van der Waals surface area contributed by atoms with Gasteiger partial charge in [0.25, 0.3) is 0 Å². The van der Waals surface area contributed by atoms with Crippen LogP contribution in [0.1, 0.15) is 29.3 Å². The Morgan fingerprint density at radius 3 is 2.50 bits per heavy atom. The fraction of sp³-hybridized carbons (Fsp3) is 0.417. The van der Waals surface area contributed by atoms with Crippen molar-refractivity contribution in [2.75, 3.05) is 13.2 Å². The first-order chi connectivity index (χ1) is 8.36. The summed E-state index contributed by atoms with van der Waals surface area (Å²) < 4.78 is 55.0. The van der Waals surface area contributed by atoms with Crippen molar-refractivity contribution in [3.05, 3.63) is 35.1 Å². The molecule has 0 saturated carbocycles. The highest BCUT2D eigenvalue weighted by Gasteiger charge is 2.34. The minimum Gasteiger partial charge on any atom is -0.373 e. The molecule has 0 bridgehead atoms. The normalized spacial score (nSPS) is 11.6. The number of alkyl halides is 3. The molecule has 1 aromatic rings. The zero-order chi connectivity index (χ0) is 13.8. The molecule has 0 aromatic heterocycles. The summed E-state index contributed by atoms with van der Waals surface area (Å²) in [5.74, 6) is -2.00. The number of carbonyl (C=O) groups is 1. The molecule has 0 fully saturated rings. The Morgan fingerprint density at radius 2 is 2.00 bits per heavy atom. The lowest BCUT2D eigenvalue weighted by Gasteiger charge is -2.09. The molecule has 0 aliphatic carbocycles. The average Bonchev–Trinajstić information content (AvgIpc) is 2.27. The predicted octanol–water partition coefficient (Wildman–Crippen LogP) is 3.45. The summed E-state index contributed by atoms with van der Waals surface area (Å²) in [5, 5.41) is 0. The van der Waals surface area contributed by atoms with Gasteiger partial charge >= 0.3 is 6.18 Å². The van der Waals surface area contributed by atoms with E-state index in [0.29, 0.717) is 25.2 Å². The summed E-state index contributed by atoms with van der Waals surface area (Å²) in [6.07, 6.45) is -4.04. The van der Waals surface area contributed by atoms with Crippen LogP contribution in [0.25, 0.3) is 0 Å². The second-order valence-electron chi connectivity index (χ2n) is 3.67. The van der Waals surface area contributed by atoms with Gasteiger partial charge in [-0.15, -0.1) is 0 Å². The summed E-state index contributed by atoms with van der Waals surface area (Å²) in [7, 11) is 0. The first-order valence-corrected chi connectivity index (χ1v) is 5.34. The minimum atomic E-state index is -4.76. The van der Waals surface area contributed by atoms with Crippen LogP contribution in [0.3, 0.4) is 0 Å². The standard InChI is InChI=1S/C12H12F4O2/c1-2-5-18-7-11(17)8-3-4-9(10(13)6-8)12(14,15)16/h3-4,6H,2,5,7H2,1H3. The summed E-state index contributed by atoms with van der Waals surface area (Å²) >= 11 is 0. The molecule has 0 amide bonds. The second kappa shape index (κ2) is 5.95. The molecule has 0 aliphatic rings. The van der Waals surface area contributed by atoms with Crippen LogP contribution in [-0.4, -0.2) is 19.0 Å². The molecule has 1 aromatic carbocycles. The Hall–Kier alpha value is -1.43. The number of benzene rings is 1. The third-order valence-electron chi connectivity index (χ3n) is 2.18. The van der Waals surface area contributed by atoms with Crippen LogP contribution >= 0.6 is 0 Å². The lowest BCUT2D eigenvalue weighted by Crippen LogP contribution is -2.12. The minimum absolute atomic E-state index is 0.128. The molecular weight excluding hydrogens is 252 g/mol. The molecule has 0 heterocycles. The Balaban J connectivity index is 2.81. The number of Topliss-reactive ketones (excluding diaryl/α,β-unsaturated/α-hetero) is 1. The SMILES string of the molecule is CCCOCC(=O)c1ccc(C(F)(F)F)c(F)c1. The summed E-state index contributed by atoms with van der Waals surface area (Å²) in [5.41, 5.74) is -1.51. The molecule has 100 valence electrons. The maximum atomic E-state index is 13.2. The Labute approximate surface area is 102 Å². The van der Waals surface area contributed by atoms with Crippen molar-refractivity contribution in [1.82, 2.24) is 0 Å². The maximum Gasteiger partial charge on any atom is 0.419 e. The second-order valence-corrected chi connectivity index (χ2v) is 3.67. The van der Waals surface area contributed by atoms with Gasteiger partial charge in [0.15, 0.2) is 5.78 Å². The highest BCUT2D eigenvalue weighted by atomic mass is 19.4. The van der Waals surface area contributed by atoms with Crippen LogP contribution in [-0.2, 0) is 10.9 Å². The van der Waals surface area contributed by atoms with Crippen molar-refractivity contribution in [3.63, 3.8) is 0 Å². The largest absolute Gasteiger partial charge is 0.419 e. The molecule has 6 heteroatoms. The zero-order valence-corrected chi connectivity index (χ0v) is 9.68. The molecule has 0 aliphatic heterocycles. The van der Waals surface area contributed by atoms with Crippen LogP contribution in [0.15, 0.2) is 18.2 Å². The maximum absolute atomic E-state index is 13.2. The van der Waals surface area contributed by atoms with E-state index in [9.17, 15) is 22.4 Å². The van der Waals surface area contributed by atoms with E-state index in [1.807, 2.05) is 6.92 Å². The van der Waals surface area contributed by atoms with Gasteiger partial charge in [0.1, 0.15) is 12.4 Å². The van der Waals surface area contributed by atoms with Gasteiger partial charge in [0, 0.05) is 12.2 Å². The molecule has 18 heavy (non-hydrogen) atoms. The fourth-order valence-corrected chi connectivity index (χ4v) is 1.31. The van der Waals surface area contributed by atoms with E-state index < -0.39 is 23.3 Å². The van der Waals surface area contributed by atoms with Gasteiger partial charge in [-0.3, -0.25) is 4.79 Å². The summed E-state index contributed by atoms with van der Waals surface area (Å²) in [4.78, 5) is 11.5. The van der Waals surface area contributed by atoms with Gasteiger partial charge in [-0.2, -0.15) is 13.2 Å². The van der Waals surface area contributed by atoms with Gasteiger partial charge in [-0.05, 0) is 18.6 Å². The Bertz CT molecular complexity index is 427. The van der Waals surface area contributed by atoms with E-state index in [1.54, 1.807) is 0 Å². The van der Waals surface area contributed by atoms with E-state index in [4.69, 9.17) is 4.74 Å². The monoisotopic (exact) mass is 264 g/mol. The lowest BCUT2D eigenvalue weighted by molar-refractivity contribution is -0.140. The van der Waals surface area contributed by atoms with Crippen molar-refractivity contribution >= 4 is 5.78 Å². The lowest BCUT2D eigenvalue weighted by atomic mass is 10.1. The number of rotatable bonds is 5. The van der Waals surface area contributed by atoms with Gasteiger partial charge in [0.05, 0.1) is 5.56 Å². The smallest absolute Gasteiger partial charge is 0.373 e. The zero-order valence-electron chi connectivity index (χ0n) is 9.68. The summed E-state index contributed by atoms with van der Waals surface area (Å²) in [6, 6.07) is 2.09. The van der Waals surface area contributed by atoms with Crippen molar-refractivity contribution in [2.24, 2.45) is 0 Å². The third-order valence-corrected chi connectivity index (χ3v) is 2.18. The Morgan fingerprint density at radius 1 is 1.33 bits per heavy atom. The quantitative estimate of drug-likeness (QED) is 0.462. The molecule has 2 nitrogen and oxygen atoms in total. The van der Waals surface area contributed by atoms with Crippen molar-refractivity contribution in [2.45, 2.75) is 19.5 Å². The number of ether oxygens (including phenoxy) is 1. The van der Waals surface area contributed by atoms with E-state index >= 15 is 0 Å². The van der Waals surface area contributed by atoms with Gasteiger partial charge in [0.2, 0.25) is 0 Å². The first-order valence-electron chi connectivity index (χ1n) is 5.34. The van der Waals surface area contributed by atoms with Gasteiger partial charge < -0.3 is 4.74 Å². The van der Waals surface area contributed by atoms with Crippen molar-refractivity contribution in [3.8, 4) is 0 Å². The number of halogens is 4. The number of hydrogen-bond acceptors (Lipinski definition) is 2. The first kappa shape index (κ1) is 14.6. The molecule has 0 radical (unpaired) electrons. The number of hydrogen-bond donors (Lipinski definition) is 0. The molecule has 0 unspecified atom stereocenters. The van der Waals surface area contributed by atoms with Crippen LogP contribution in [0.4, 0.5) is 17.6 Å². The highest BCUT2D eigenvalue weighted by molar-refractivity contribution is 5.97. The van der Waals surface area contributed by atoms with Crippen molar-refractivity contribution < 1.29 is 27.1 Å². The molecule has 0 spiro atoms. The van der Waals surface area contributed by atoms with Crippen LogP contribution in [0.5, 0.6) is 0 Å². The molecular formula is C12H12F4O2. The fourth-order valence-electron chi connectivity index (χ4n) is 1.31. The number of carbonyl (C=O) groups excluding carboxylic acids is 1. The van der Waals surface area contributed by atoms with E-state index in [2.05, 4.69) is 0 Å². The van der Waals surface area contributed by atoms with Crippen LogP contribution in [0, 0.1) is 5.82 Å². The average molecular weight is 264 g/mol. The van der Waals surface area contributed by atoms with E-state index in [1.165, 1.54) is 0 Å². The topological polar surface area (TPSA) is 26.3 Å². The predicted molar refractivity (Wildman–Crippen MR) is 56.8 cm³/mol. The van der Waals surface area contributed by atoms with E-state index in [0.717, 1.165) is 6.07 Å². The van der Waals surface area contributed by atoms with Gasteiger partial charge in [-0.1, -0.05) is 13.0 Å². The number of ketones is 1. The molecule has 0 atom stereocenters. The third kappa shape index (κ3) is 3.80. The van der Waals surface area contributed by atoms with Gasteiger partial charge in [-0.25, -0.2) is 4.39 Å². The summed E-state index contributed by atoms with van der Waals surface area (Å²) in [6.45, 7) is 1.95. The van der Waals surface area contributed by atoms with Crippen LogP contribution in [0.2, 0.25) is 0 Å². The van der Waals surface area contributed by atoms with E-state index in [-0.39, 0.29) is 12.2 Å². The molecule has 0 saturated heterocycles. The molecule has 0 N–H and O–H groups in total. The molecule has 1 rings (SSSR count).